The molecule has 1 fully saturated rings. The fourth-order valence-corrected chi connectivity index (χ4v) is 3.68. The topological polar surface area (TPSA) is 52.6 Å². The zero-order valence-electron chi connectivity index (χ0n) is 14.8. The molecule has 4 nitrogen and oxygen atoms in total. The molecule has 0 aliphatic carbocycles. The molecule has 0 N–H and O–H groups in total. The van der Waals surface area contributed by atoms with Crippen LogP contribution in [0.3, 0.4) is 0 Å². The van der Waals surface area contributed by atoms with Crippen LogP contribution < -0.4 is 5.11 Å². The molecule has 2 aromatic carbocycles. The maximum Gasteiger partial charge on any atom is 0.0594 e. The first-order valence-electron chi connectivity index (χ1n) is 8.82. The summed E-state index contributed by atoms with van der Waals surface area (Å²) >= 11 is 0. The second kappa shape index (κ2) is 9.72. The molecule has 0 spiro atoms. The summed E-state index contributed by atoms with van der Waals surface area (Å²) in [6.07, 6.45) is 0.709. The molecule has 1 saturated heterocycles. The number of benzene rings is 2. The van der Waals surface area contributed by atoms with E-state index in [0.717, 1.165) is 50.4 Å². The van der Waals surface area contributed by atoms with Crippen molar-refractivity contribution in [3.05, 3.63) is 71.8 Å². The van der Waals surface area contributed by atoms with Gasteiger partial charge in [-0.15, -0.1) is 12.4 Å². The summed E-state index contributed by atoms with van der Waals surface area (Å²) in [5.41, 5.74) is 1.47. The zero-order chi connectivity index (χ0) is 17.5. The van der Waals surface area contributed by atoms with Gasteiger partial charge in [-0.25, -0.2) is 0 Å². The average Bonchev–Trinajstić information content (AvgIpc) is 2.67. The Morgan fingerprint density at radius 3 is 1.92 bits per heavy atom. The molecule has 1 heterocycles. The van der Waals surface area contributed by atoms with Gasteiger partial charge in [-0.1, -0.05) is 60.7 Å². The smallest absolute Gasteiger partial charge is 0.0594 e. The maximum absolute atomic E-state index is 11.7. The molecule has 0 radical (unpaired) electrons. The molecule has 0 amide bonds. The van der Waals surface area contributed by atoms with E-state index in [1.165, 1.54) is 0 Å². The van der Waals surface area contributed by atoms with E-state index in [2.05, 4.69) is 4.90 Å². The number of carbonyl (C=O) groups excluding carboxylic acids is 1. The number of halogens is 1. The zero-order valence-corrected chi connectivity index (χ0v) is 15.6. The lowest BCUT2D eigenvalue weighted by Gasteiger charge is -2.38. The van der Waals surface area contributed by atoms with Gasteiger partial charge in [-0.2, -0.15) is 0 Å². The van der Waals surface area contributed by atoms with Crippen LogP contribution in [0.5, 0.6) is 0 Å². The summed E-state index contributed by atoms with van der Waals surface area (Å²) in [7, 11) is 0. The molecule has 5 heteroatoms. The van der Waals surface area contributed by atoms with E-state index >= 15 is 0 Å². The van der Waals surface area contributed by atoms with Gasteiger partial charge in [0, 0.05) is 30.9 Å². The van der Waals surface area contributed by atoms with Crippen molar-refractivity contribution in [1.29, 1.82) is 0 Å². The lowest BCUT2D eigenvalue weighted by atomic mass is 9.69. The minimum Gasteiger partial charge on any atom is -0.550 e. The first-order chi connectivity index (χ1) is 12.2. The quantitative estimate of drug-likeness (QED) is 0.746. The lowest BCUT2D eigenvalue weighted by Crippen LogP contribution is -2.42. The molecule has 0 unspecified atom stereocenters. The van der Waals surface area contributed by atoms with Crippen LogP contribution in [0.2, 0.25) is 0 Å². The number of rotatable bonds is 7. The molecule has 1 aliphatic rings. The highest BCUT2D eigenvalue weighted by Gasteiger charge is 2.34. The number of hydrogen-bond donors (Lipinski definition) is 0. The van der Waals surface area contributed by atoms with Crippen molar-refractivity contribution in [1.82, 2.24) is 4.90 Å². The first-order valence-corrected chi connectivity index (χ1v) is 8.82. The molecule has 1 aliphatic heterocycles. The van der Waals surface area contributed by atoms with Crippen LogP contribution >= 0.6 is 12.4 Å². The molecular weight excluding hydrogens is 350 g/mol. The van der Waals surface area contributed by atoms with E-state index in [1.807, 2.05) is 60.7 Å². The molecular formula is C21H25ClNO3-. The van der Waals surface area contributed by atoms with Crippen LogP contribution in [0.25, 0.3) is 0 Å². The van der Waals surface area contributed by atoms with E-state index in [4.69, 9.17) is 4.74 Å². The fourth-order valence-electron chi connectivity index (χ4n) is 3.68. The van der Waals surface area contributed by atoms with E-state index in [9.17, 15) is 9.90 Å². The van der Waals surface area contributed by atoms with Crippen molar-refractivity contribution in [3.8, 4) is 0 Å². The number of aliphatic carboxylic acids is 1. The number of carboxylic acid groups (broad SMARTS) is 1. The molecule has 0 aromatic heterocycles. The number of carbonyl (C=O) groups is 1. The van der Waals surface area contributed by atoms with Crippen molar-refractivity contribution in [3.63, 3.8) is 0 Å². The van der Waals surface area contributed by atoms with Crippen molar-refractivity contribution < 1.29 is 14.6 Å². The minimum absolute atomic E-state index is 0. The highest BCUT2D eigenvalue weighted by atomic mass is 35.5. The first kappa shape index (κ1) is 20.4. The molecule has 140 valence electrons. The van der Waals surface area contributed by atoms with Gasteiger partial charge in [0.1, 0.15) is 0 Å². The summed E-state index contributed by atoms with van der Waals surface area (Å²) < 4.78 is 5.42. The van der Waals surface area contributed by atoms with E-state index < -0.39 is 11.4 Å². The van der Waals surface area contributed by atoms with E-state index in [1.54, 1.807) is 0 Å². The van der Waals surface area contributed by atoms with Gasteiger partial charge in [-0.05, 0) is 24.1 Å². The van der Waals surface area contributed by atoms with Gasteiger partial charge in [0.05, 0.1) is 13.2 Å². The lowest BCUT2D eigenvalue weighted by molar-refractivity contribution is -0.307. The molecule has 26 heavy (non-hydrogen) atoms. The third-order valence-corrected chi connectivity index (χ3v) is 5.06. The number of hydrogen-bond acceptors (Lipinski definition) is 4. The monoisotopic (exact) mass is 374 g/mol. The van der Waals surface area contributed by atoms with E-state index in [-0.39, 0.29) is 18.8 Å². The molecule has 0 atom stereocenters. The second-order valence-corrected chi connectivity index (χ2v) is 6.57. The van der Waals surface area contributed by atoms with Crippen molar-refractivity contribution in [2.45, 2.75) is 18.3 Å². The Hall–Kier alpha value is -1.88. The number of nitrogens with zero attached hydrogens (tertiary/aromatic N) is 1. The van der Waals surface area contributed by atoms with Gasteiger partial charge < -0.3 is 14.6 Å². The summed E-state index contributed by atoms with van der Waals surface area (Å²) in [5, 5.41) is 11.7. The van der Waals surface area contributed by atoms with Gasteiger partial charge >= 0.3 is 0 Å². The molecule has 3 rings (SSSR count). The van der Waals surface area contributed by atoms with Crippen LogP contribution in [0.1, 0.15) is 24.0 Å². The summed E-state index contributed by atoms with van der Waals surface area (Å²) in [6, 6.07) is 19.9. The van der Waals surface area contributed by atoms with Gasteiger partial charge in [0.2, 0.25) is 0 Å². The molecule has 0 saturated carbocycles. The van der Waals surface area contributed by atoms with E-state index in [0.29, 0.717) is 0 Å². The summed E-state index contributed by atoms with van der Waals surface area (Å²) in [4.78, 5) is 14.0. The molecule has 0 bridgehead atoms. The van der Waals surface area contributed by atoms with Crippen molar-refractivity contribution in [2.24, 2.45) is 0 Å². The number of ether oxygens (including phenoxy) is 1. The average molecular weight is 375 g/mol. The Balaban J connectivity index is 0.00000243. The van der Waals surface area contributed by atoms with Crippen molar-refractivity contribution in [2.75, 3.05) is 32.8 Å². The summed E-state index contributed by atoms with van der Waals surface area (Å²) in [5.74, 6) is -1.02. The van der Waals surface area contributed by atoms with Crippen LogP contribution in [0.4, 0.5) is 0 Å². The van der Waals surface area contributed by atoms with Crippen LogP contribution in [-0.4, -0.2) is 43.7 Å². The third kappa shape index (κ3) is 4.85. The maximum atomic E-state index is 11.7. The predicted octanol–water partition coefficient (Wildman–Crippen LogP) is 2.26. The predicted molar refractivity (Wildman–Crippen MR) is 102 cm³/mol. The molecule has 2 aromatic rings. The Bertz CT molecular complexity index is 633. The Labute approximate surface area is 161 Å². The highest BCUT2D eigenvalue weighted by molar-refractivity contribution is 5.85. The second-order valence-electron chi connectivity index (χ2n) is 6.57. The highest BCUT2D eigenvalue weighted by Crippen LogP contribution is 2.39. The van der Waals surface area contributed by atoms with Crippen molar-refractivity contribution >= 4 is 18.4 Å². The van der Waals surface area contributed by atoms with Crippen LogP contribution in [-0.2, 0) is 14.9 Å². The normalized spacial score (nSPS) is 15.2. The number of carboxylic acids is 1. The fraction of sp³-hybridized carbons (Fsp3) is 0.381. The van der Waals surface area contributed by atoms with Gasteiger partial charge in [-0.3, -0.25) is 4.90 Å². The van der Waals surface area contributed by atoms with Crippen LogP contribution in [0, 0.1) is 0 Å². The van der Waals surface area contributed by atoms with Gasteiger partial charge in [0.15, 0.2) is 0 Å². The Morgan fingerprint density at radius 1 is 0.962 bits per heavy atom. The largest absolute Gasteiger partial charge is 0.550 e. The standard InChI is InChI=1S/C21H25NO3.ClH/c23-20(24)17-21(18-7-3-1-4-8-18,19-9-5-2-6-10-19)11-12-22-13-15-25-16-14-22;/h1-10H,11-17H2,(H,23,24);1H/p-1. The van der Waals surface area contributed by atoms with Gasteiger partial charge in [0.25, 0.3) is 0 Å². The Morgan fingerprint density at radius 2 is 1.46 bits per heavy atom. The summed E-state index contributed by atoms with van der Waals surface area (Å²) in [6.45, 7) is 4.10. The Kier molecular flexibility index (Phi) is 7.64. The third-order valence-electron chi connectivity index (χ3n) is 5.06. The number of morpholine rings is 1. The minimum atomic E-state index is -1.02. The van der Waals surface area contributed by atoms with Crippen LogP contribution in [0.15, 0.2) is 60.7 Å². The SMILES string of the molecule is Cl.O=C([O-])CC(CCN1CCOCC1)(c1ccccc1)c1ccccc1.